The topological polar surface area (TPSA) is 42.1 Å². The van der Waals surface area contributed by atoms with Gasteiger partial charge in [0.05, 0.1) is 0 Å². The summed E-state index contributed by atoms with van der Waals surface area (Å²) in [5.74, 6) is 0. The van der Waals surface area contributed by atoms with Gasteiger partial charge in [0, 0.05) is 31.2 Å². The van der Waals surface area contributed by atoms with Crippen molar-refractivity contribution in [3.05, 3.63) is 60.4 Å². The molecule has 0 saturated heterocycles. The molecule has 1 aromatic heterocycles. The molecule has 94 valence electrons. The van der Waals surface area contributed by atoms with E-state index in [-0.39, 0.29) is 0 Å². The number of anilines is 1. The Bertz CT molecular complexity index is 442. The van der Waals surface area contributed by atoms with Gasteiger partial charge in [0.1, 0.15) is 0 Å². The van der Waals surface area contributed by atoms with Gasteiger partial charge >= 0.3 is 0 Å². The van der Waals surface area contributed by atoms with E-state index in [1.807, 2.05) is 30.6 Å². The predicted octanol–water partition coefficient (Wildman–Crippen LogP) is 2.44. The average molecular weight is 241 g/mol. The summed E-state index contributed by atoms with van der Waals surface area (Å²) in [6, 6.07) is 14.6. The normalized spacial score (nSPS) is 10.3. The molecule has 18 heavy (non-hydrogen) atoms. The minimum Gasteiger partial charge on any atom is -0.367 e. The molecule has 0 spiro atoms. The van der Waals surface area contributed by atoms with Crippen LogP contribution in [0.15, 0.2) is 54.9 Å². The van der Waals surface area contributed by atoms with E-state index in [0.29, 0.717) is 0 Å². The van der Waals surface area contributed by atoms with Crippen LogP contribution in [0.25, 0.3) is 0 Å². The lowest BCUT2D eigenvalue weighted by Crippen LogP contribution is -2.25. The first-order valence-corrected chi connectivity index (χ1v) is 6.29. The van der Waals surface area contributed by atoms with Crippen molar-refractivity contribution in [2.45, 2.75) is 13.0 Å². The molecule has 1 heterocycles. The Morgan fingerprint density at radius 3 is 2.39 bits per heavy atom. The smallest absolute Gasteiger partial charge is 0.0429 e. The number of nitrogens with zero attached hydrogens (tertiary/aromatic N) is 2. The van der Waals surface area contributed by atoms with E-state index < -0.39 is 0 Å². The zero-order chi connectivity index (χ0) is 12.6. The van der Waals surface area contributed by atoms with Gasteiger partial charge in [-0.2, -0.15) is 0 Å². The molecule has 2 N–H and O–H groups in total. The highest BCUT2D eigenvalue weighted by molar-refractivity contribution is 5.45. The molecule has 0 fully saturated rings. The zero-order valence-corrected chi connectivity index (χ0v) is 10.5. The van der Waals surface area contributed by atoms with Crippen LogP contribution in [0.2, 0.25) is 0 Å². The lowest BCUT2D eigenvalue weighted by atomic mass is 10.2. The number of hydrogen-bond donors (Lipinski definition) is 1. The number of hydrogen-bond acceptors (Lipinski definition) is 3. The summed E-state index contributed by atoms with van der Waals surface area (Å²) in [4.78, 5) is 6.40. The van der Waals surface area contributed by atoms with Gasteiger partial charge in [0.2, 0.25) is 0 Å². The van der Waals surface area contributed by atoms with E-state index >= 15 is 0 Å². The summed E-state index contributed by atoms with van der Waals surface area (Å²) < 4.78 is 0. The van der Waals surface area contributed by atoms with Crippen LogP contribution in [-0.2, 0) is 6.54 Å². The van der Waals surface area contributed by atoms with Gasteiger partial charge in [-0.15, -0.1) is 0 Å². The molecule has 0 radical (unpaired) electrons. The van der Waals surface area contributed by atoms with Crippen LogP contribution in [0.3, 0.4) is 0 Å². The van der Waals surface area contributed by atoms with Crippen molar-refractivity contribution in [1.29, 1.82) is 0 Å². The molecule has 1 aromatic carbocycles. The molecule has 3 nitrogen and oxygen atoms in total. The summed E-state index contributed by atoms with van der Waals surface area (Å²) in [5.41, 5.74) is 8.12. The summed E-state index contributed by atoms with van der Waals surface area (Å²) in [5, 5.41) is 0. The zero-order valence-electron chi connectivity index (χ0n) is 10.5. The number of aromatic nitrogens is 1. The van der Waals surface area contributed by atoms with Crippen LogP contribution in [0.4, 0.5) is 5.69 Å². The number of rotatable bonds is 6. The molecule has 0 aliphatic rings. The lowest BCUT2D eigenvalue weighted by molar-refractivity contribution is 0.735. The average Bonchev–Trinajstić information content (AvgIpc) is 2.45. The van der Waals surface area contributed by atoms with E-state index in [4.69, 9.17) is 5.73 Å². The highest BCUT2D eigenvalue weighted by Crippen LogP contribution is 2.16. The van der Waals surface area contributed by atoms with Crippen molar-refractivity contribution in [3.8, 4) is 0 Å². The van der Waals surface area contributed by atoms with Crippen molar-refractivity contribution in [2.75, 3.05) is 18.0 Å². The third kappa shape index (κ3) is 3.57. The van der Waals surface area contributed by atoms with Crippen LogP contribution < -0.4 is 10.6 Å². The van der Waals surface area contributed by atoms with Crippen molar-refractivity contribution in [1.82, 2.24) is 4.98 Å². The van der Waals surface area contributed by atoms with Crippen molar-refractivity contribution >= 4 is 5.69 Å². The molecule has 0 saturated carbocycles. The van der Waals surface area contributed by atoms with Gasteiger partial charge in [0.25, 0.3) is 0 Å². The number of nitrogens with two attached hydrogens (primary N) is 1. The highest BCUT2D eigenvalue weighted by atomic mass is 15.1. The lowest BCUT2D eigenvalue weighted by Gasteiger charge is -2.24. The van der Waals surface area contributed by atoms with Crippen molar-refractivity contribution in [3.63, 3.8) is 0 Å². The molecular formula is C15H19N3. The Kier molecular flexibility index (Phi) is 4.73. The fraction of sp³-hybridized carbons (Fsp3) is 0.267. The van der Waals surface area contributed by atoms with Crippen LogP contribution >= 0.6 is 0 Å². The SMILES string of the molecule is NCCCN(Cc1ccccc1)c1ccncc1. The van der Waals surface area contributed by atoms with E-state index in [0.717, 1.165) is 26.1 Å². The van der Waals surface area contributed by atoms with Gasteiger partial charge < -0.3 is 10.6 Å². The van der Waals surface area contributed by atoms with E-state index in [1.165, 1.54) is 11.3 Å². The fourth-order valence-corrected chi connectivity index (χ4v) is 1.94. The standard InChI is InChI=1S/C15H19N3/c16-9-4-12-18(15-7-10-17-11-8-15)13-14-5-2-1-3-6-14/h1-3,5-8,10-11H,4,9,12-13,16H2. The second-order valence-corrected chi connectivity index (χ2v) is 4.25. The third-order valence-corrected chi connectivity index (χ3v) is 2.88. The van der Waals surface area contributed by atoms with Crippen molar-refractivity contribution < 1.29 is 0 Å². The molecular weight excluding hydrogens is 222 g/mol. The maximum absolute atomic E-state index is 5.61. The Labute approximate surface area is 108 Å². The second kappa shape index (κ2) is 6.77. The summed E-state index contributed by atoms with van der Waals surface area (Å²) in [6.45, 7) is 2.59. The van der Waals surface area contributed by atoms with Gasteiger partial charge in [-0.1, -0.05) is 30.3 Å². The molecule has 2 aromatic rings. The van der Waals surface area contributed by atoms with Gasteiger partial charge in [-0.05, 0) is 30.7 Å². The van der Waals surface area contributed by atoms with Crippen LogP contribution in [0, 0.1) is 0 Å². The quantitative estimate of drug-likeness (QED) is 0.844. The summed E-state index contributed by atoms with van der Waals surface area (Å²) >= 11 is 0. The first-order chi connectivity index (χ1) is 8.90. The molecule has 0 aliphatic carbocycles. The molecule has 0 aliphatic heterocycles. The molecule has 0 bridgehead atoms. The Morgan fingerprint density at radius 2 is 1.72 bits per heavy atom. The largest absolute Gasteiger partial charge is 0.367 e. The van der Waals surface area contributed by atoms with Crippen LogP contribution in [0.5, 0.6) is 0 Å². The van der Waals surface area contributed by atoms with Gasteiger partial charge in [-0.3, -0.25) is 4.98 Å². The fourth-order valence-electron chi connectivity index (χ4n) is 1.94. The van der Waals surface area contributed by atoms with Crippen molar-refractivity contribution in [2.24, 2.45) is 5.73 Å². The van der Waals surface area contributed by atoms with Crippen LogP contribution in [0.1, 0.15) is 12.0 Å². The minimum atomic E-state index is 0.719. The maximum Gasteiger partial charge on any atom is 0.0429 e. The molecule has 0 unspecified atom stereocenters. The third-order valence-electron chi connectivity index (χ3n) is 2.88. The minimum absolute atomic E-state index is 0.719. The van der Waals surface area contributed by atoms with Crippen LogP contribution in [-0.4, -0.2) is 18.1 Å². The molecule has 0 atom stereocenters. The number of benzene rings is 1. The monoisotopic (exact) mass is 241 g/mol. The number of pyridine rings is 1. The molecule has 0 amide bonds. The van der Waals surface area contributed by atoms with E-state index in [1.54, 1.807) is 0 Å². The molecule has 2 rings (SSSR count). The Hall–Kier alpha value is -1.87. The summed E-state index contributed by atoms with van der Waals surface area (Å²) in [7, 11) is 0. The first kappa shape index (κ1) is 12.6. The van der Waals surface area contributed by atoms with Gasteiger partial charge in [-0.25, -0.2) is 0 Å². The Morgan fingerprint density at radius 1 is 1.00 bits per heavy atom. The van der Waals surface area contributed by atoms with E-state index in [9.17, 15) is 0 Å². The Balaban J connectivity index is 2.10. The predicted molar refractivity (Wildman–Crippen MR) is 75.4 cm³/mol. The van der Waals surface area contributed by atoms with E-state index in [2.05, 4.69) is 34.1 Å². The summed E-state index contributed by atoms with van der Waals surface area (Å²) in [6.07, 6.45) is 4.65. The second-order valence-electron chi connectivity index (χ2n) is 4.25. The molecule has 3 heteroatoms. The van der Waals surface area contributed by atoms with Gasteiger partial charge in [0.15, 0.2) is 0 Å². The highest BCUT2D eigenvalue weighted by Gasteiger charge is 2.06. The first-order valence-electron chi connectivity index (χ1n) is 6.29. The maximum atomic E-state index is 5.61.